The number of methoxy groups -OCH3 is 3. The molecule has 0 aliphatic heterocycles. The van der Waals surface area contributed by atoms with Gasteiger partial charge in [0.2, 0.25) is 11.7 Å². The van der Waals surface area contributed by atoms with E-state index in [4.69, 9.17) is 14.2 Å². The maximum atomic E-state index is 12.6. The molecule has 8 heteroatoms. The highest BCUT2D eigenvalue weighted by atomic mass is 16.5. The molecule has 0 heterocycles. The highest BCUT2D eigenvalue weighted by Crippen LogP contribution is 2.38. The molecule has 0 radical (unpaired) electrons. The van der Waals surface area contributed by atoms with E-state index >= 15 is 0 Å². The first-order valence-electron chi connectivity index (χ1n) is 8.57. The summed E-state index contributed by atoms with van der Waals surface area (Å²) in [5.74, 6) is -0.0941. The standard InChI is InChI=1S/C20H24N2O6/c1-26-16-9-14(10-17(27-2)18(16)28-3)19(24)22-15(12-23)20(25)21-11-13-7-5-4-6-8-13/h4-10,15,23H,11-12H2,1-3H3,(H,21,25)(H,22,24). The SMILES string of the molecule is COc1cc(C(=O)NC(CO)C(=O)NCc2ccccc2)cc(OC)c1OC. The van der Waals surface area contributed by atoms with Crippen LogP contribution in [0.15, 0.2) is 42.5 Å². The molecule has 28 heavy (non-hydrogen) atoms. The molecule has 3 N–H and O–H groups in total. The highest BCUT2D eigenvalue weighted by molar-refractivity contribution is 5.98. The number of rotatable bonds is 9. The number of carbonyl (C=O) groups is 2. The Kier molecular flexibility index (Phi) is 7.65. The van der Waals surface area contributed by atoms with Gasteiger partial charge in [0.25, 0.3) is 5.91 Å². The Hall–Kier alpha value is -3.26. The summed E-state index contributed by atoms with van der Waals surface area (Å²) >= 11 is 0. The van der Waals surface area contributed by atoms with Crippen LogP contribution in [0.2, 0.25) is 0 Å². The van der Waals surface area contributed by atoms with Crippen LogP contribution < -0.4 is 24.8 Å². The van der Waals surface area contributed by atoms with Gasteiger partial charge in [-0.05, 0) is 17.7 Å². The maximum Gasteiger partial charge on any atom is 0.252 e. The van der Waals surface area contributed by atoms with Crippen LogP contribution in [-0.4, -0.2) is 50.9 Å². The average molecular weight is 388 g/mol. The zero-order chi connectivity index (χ0) is 20.5. The number of nitrogens with one attached hydrogen (secondary N) is 2. The van der Waals surface area contributed by atoms with Crippen molar-refractivity contribution in [2.45, 2.75) is 12.6 Å². The van der Waals surface area contributed by atoms with Crippen LogP contribution in [0.25, 0.3) is 0 Å². The number of ether oxygens (including phenoxy) is 3. The summed E-state index contributed by atoms with van der Waals surface area (Å²) in [7, 11) is 4.33. The fourth-order valence-corrected chi connectivity index (χ4v) is 2.56. The third kappa shape index (κ3) is 5.14. The molecule has 0 aromatic heterocycles. The van der Waals surface area contributed by atoms with Gasteiger partial charge < -0.3 is 30.0 Å². The molecule has 0 saturated heterocycles. The molecule has 8 nitrogen and oxygen atoms in total. The van der Waals surface area contributed by atoms with Crippen molar-refractivity contribution in [3.05, 3.63) is 53.6 Å². The number of aliphatic hydroxyl groups is 1. The minimum absolute atomic E-state index is 0.198. The van der Waals surface area contributed by atoms with E-state index in [1.165, 1.54) is 33.5 Å². The first-order chi connectivity index (χ1) is 13.5. The Morgan fingerprint density at radius 1 is 1.00 bits per heavy atom. The van der Waals surface area contributed by atoms with Crippen molar-refractivity contribution in [3.8, 4) is 17.2 Å². The van der Waals surface area contributed by atoms with Gasteiger partial charge in [-0.1, -0.05) is 30.3 Å². The van der Waals surface area contributed by atoms with E-state index in [0.29, 0.717) is 17.2 Å². The van der Waals surface area contributed by atoms with Gasteiger partial charge >= 0.3 is 0 Å². The lowest BCUT2D eigenvalue weighted by molar-refractivity contribution is -0.124. The predicted octanol–water partition coefficient (Wildman–Crippen LogP) is 1.12. The van der Waals surface area contributed by atoms with Gasteiger partial charge in [-0.15, -0.1) is 0 Å². The van der Waals surface area contributed by atoms with Gasteiger partial charge in [0.05, 0.1) is 27.9 Å². The summed E-state index contributed by atoms with van der Waals surface area (Å²) in [6, 6.07) is 11.1. The smallest absolute Gasteiger partial charge is 0.252 e. The minimum atomic E-state index is -1.10. The second kappa shape index (κ2) is 10.2. The Morgan fingerprint density at radius 3 is 2.11 bits per heavy atom. The lowest BCUT2D eigenvalue weighted by Gasteiger charge is -2.18. The molecule has 0 bridgehead atoms. The van der Waals surface area contributed by atoms with Crippen molar-refractivity contribution < 1.29 is 28.9 Å². The number of hydrogen-bond acceptors (Lipinski definition) is 6. The van der Waals surface area contributed by atoms with Crippen LogP contribution >= 0.6 is 0 Å². The molecular formula is C20H24N2O6. The Labute approximate surface area is 163 Å². The summed E-state index contributed by atoms with van der Waals surface area (Å²) in [4.78, 5) is 24.9. The fraction of sp³-hybridized carbons (Fsp3) is 0.300. The van der Waals surface area contributed by atoms with E-state index in [9.17, 15) is 14.7 Å². The molecule has 1 atom stereocenters. The molecule has 0 fully saturated rings. The lowest BCUT2D eigenvalue weighted by Crippen LogP contribution is -2.48. The van der Waals surface area contributed by atoms with Crippen molar-refractivity contribution >= 4 is 11.8 Å². The summed E-state index contributed by atoms with van der Waals surface area (Å²) in [5.41, 5.74) is 1.10. The zero-order valence-corrected chi connectivity index (χ0v) is 16.0. The van der Waals surface area contributed by atoms with Crippen molar-refractivity contribution in [3.63, 3.8) is 0 Å². The summed E-state index contributed by atoms with van der Waals surface area (Å²) in [5, 5.41) is 14.7. The average Bonchev–Trinajstić information content (AvgIpc) is 2.75. The van der Waals surface area contributed by atoms with Crippen LogP contribution in [0.1, 0.15) is 15.9 Å². The van der Waals surface area contributed by atoms with Crippen molar-refractivity contribution in [1.82, 2.24) is 10.6 Å². The molecule has 1 unspecified atom stereocenters. The zero-order valence-electron chi connectivity index (χ0n) is 16.0. The normalized spacial score (nSPS) is 11.3. The molecule has 0 aliphatic carbocycles. The summed E-state index contributed by atoms with van der Waals surface area (Å²) in [6.45, 7) is -0.257. The molecule has 2 aromatic rings. The number of aliphatic hydroxyl groups excluding tert-OH is 1. The topological polar surface area (TPSA) is 106 Å². The van der Waals surface area contributed by atoms with Crippen molar-refractivity contribution in [2.75, 3.05) is 27.9 Å². The summed E-state index contributed by atoms with van der Waals surface area (Å²) in [6.07, 6.45) is 0. The highest BCUT2D eigenvalue weighted by Gasteiger charge is 2.23. The quantitative estimate of drug-likeness (QED) is 0.594. The van der Waals surface area contributed by atoms with E-state index in [2.05, 4.69) is 10.6 Å². The van der Waals surface area contributed by atoms with Crippen molar-refractivity contribution in [1.29, 1.82) is 0 Å². The molecule has 2 rings (SSSR count). The van der Waals surface area contributed by atoms with Gasteiger partial charge in [-0.3, -0.25) is 9.59 Å². The van der Waals surface area contributed by atoms with Crippen molar-refractivity contribution in [2.24, 2.45) is 0 Å². The van der Waals surface area contributed by atoms with Crippen LogP contribution in [0.4, 0.5) is 0 Å². The number of amides is 2. The first kappa shape index (κ1) is 21.0. The predicted molar refractivity (Wildman–Crippen MR) is 103 cm³/mol. The first-order valence-corrected chi connectivity index (χ1v) is 8.57. The molecule has 0 saturated carbocycles. The maximum absolute atomic E-state index is 12.6. The van der Waals surface area contributed by atoms with E-state index in [1.807, 2.05) is 30.3 Å². The van der Waals surface area contributed by atoms with Gasteiger partial charge in [-0.2, -0.15) is 0 Å². The second-order valence-electron chi connectivity index (χ2n) is 5.83. The number of carbonyl (C=O) groups excluding carboxylic acids is 2. The molecular weight excluding hydrogens is 364 g/mol. The monoisotopic (exact) mass is 388 g/mol. The Bertz CT molecular complexity index is 785. The largest absolute Gasteiger partial charge is 0.493 e. The van der Waals surface area contributed by atoms with Gasteiger partial charge in [0.15, 0.2) is 11.5 Å². The van der Waals surface area contributed by atoms with Crippen LogP contribution in [0.5, 0.6) is 17.2 Å². The molecule has 0 aliphatic rings. The molecule has 0 spiro atoms. The number of hydrogen-bond donors (Lipinski definition) is 3. The Morgan fingerprint density at radius 2 is 1.61 bits per heavy atom. The van der Waals surface area contributed by atoms with Gasteiger partial charge in [0.1, 0.15) is 6.04 Å². The van der Waals surface area contributed by atoms with Crippen LogP contribution in [-0.2, 0) is 11.3 Å². The van der Waals surface area contributed by atoms with Gasteiger partial charge in [0, 0.05) is 12.1 Å². The minimum Gasteiger partial charge on any atom is -0.493 e. The van der Waals surface area contributed by atoms with E-state index in [-0.39, 0.29) is 12.1 Å². The Balaban J connectivity index is 2.09. The third-order valence-electron chi connectivity index (χ3n) is 4.04. The fourth-order valence-electron chi connectivity index (χ4n) is 2.56. The van der Waals surface area contributed by atoms with Crippen LogP contribution in [0, 0.1) is 0 Å². The van der Waals surface area contributed by atoms with E-state index in [1.54, 1.807) is 0 Å². The van der Waals surface area contributed by atoms with E-state index < -0.39 is 24.5 Å². The van der Waals surface area contributed by atoms with Gasteiger partial charge in [-0.25, -0.2) is 0 Å². The van der Waals surface area contributed by atoms with Crippen LogP contribution in [0.3, 0.4) is 0 Å². The summed E-state index contributed by atoms with van der Waals surface area (Å²) < 4.78 is 15.7. The molecule has 150 valence electrons. The molecule has 2 aromatic carbocycles. The lowest BCUT2D eigenvalue weighted by atomic mass is 10.1. The van der Waals surface area contributed by atoms with E-state index in [0.717, 1.165) is 5.56 Å². The molecule has 2 amide bonds. The number of benzene rings is 2. The second-order valence-corrected chi connectivity index (χ2v) is 5.83. The third-order valence-corrected chi connectivity index (χ3v) is 4.04.